The average molecular weight is 277 g/mol. The van der Waals surface area contributed by atoms with Crippen LogP contribution < -0.4 is 10.1 Å². The lowest BCUT2D eigenvalue weighted by Gasteiger charge is -2.14. The number of nitrogens with one attached hydrogen (secondary N) is 1. The van der Waals surface area contributed by atoms with E-state index in [0.29, 0.717) is 17.0 Å². The first-order valence-corrected chi connectivity index (χ1v) is 6.93. The maximum Gasteiger partial charge on any atom is 0.227 e. The molecule has 0 saturated heterocycles. The van der Waals surface area contributed by atoms with E-state index in [0.717, 1.165) is 6.42 Å². The van der Waals surface area contributed by atoms with Crippen LogP contribution in [-0.4, -0.2) is 18.8 Å². The van der Waals surface area contributed by atoms with E-state index in [4.69, 9.17) is 4.74 Å². The molecule has 0 spiro atoms. The van der Waals surface area contributed by atoms with Gasteiger partial charge in [-0.05, 0) is 24.6 Å². The number of anilines is 1. The van der Waals surface area contributed by atoms with Crippen molar-refractivity contribution < 1.29 is 14.3 Å². The summed E-state index contributed by atoms with van der Waals surface area (Å²) in [6.45, 7) is 7.55. The number of hydrogen-bond acceptors (Lipinski definition) is 3. The molecule has 0 fully saturated rings. The van der Waals surface area contributed by atoms with Crippen LogP contribution in [0.5, 0.6) is 5.75 Å². The first-order chi connectivity index (χ1) is 9.40. The zero-order chi connectivity index (χ0) is 15.3. The van der Waals surface area contributed by atoms with E-state index in [9.17, 15) is 9.59 Å². The third-order valence-corrected chi connectivity index (χ3v) is 3.33. The number of methoxy groups -OCH3 is 1. The monoisotopic (exact) mass is 277 g/mol. The largest absolute Gasteiger partial charge is 0.495 e. The summed E-state index contributed by atoms with van der Waals surface area (Å²) in [6, 6.07) is 5.11. The first kappa shape index (κ1) is 16.2. The van der Waals surface area contributed by atoms with E-state index in [2.05, 4.69) is 5.32 Å². The Morgan fingerprint density at radius 3 is 2.40 bits per heavy atom. The lowest BCUT2D eigenvalue weighted by molar-refractivity contribution is -0.119. The van der Waals surface area contributed by atoms with E-state index < -0.39 is 0 Å². The van der Waals surface area contributed by atoms with Crippen molar-refractivity contribution in [2.45, 2.75) is 34.1 Å². The number of ether oxygens (including phenoxy) is 1. The Hall–Kier alpha value is -1.84. The smallest absolute Gasteiger partial charge is 0.227 e. The van der Waals surface area contributed by atoms with Crippen molar-refractivity contribution in [1.29, 1.82) is 0 Å². The molecule has 0 saturated carbocycles. The normalized spacial score (nSPS) is 12.1. The maximum atomic E-state index is 12.0. The molecular formula is C16H23NO3. The molecular weight excluding hydrogens is 254 g/mol. The molecule has 0 radical (unpaired) electrons. The Morgan fingerprint density at radius 1 is 1.25 bits per heavy atom. The van der Waals surface area contributed by atoms with Crippen LogP contribution in [-0.2, 0) is 4.79 Å². The van der Waals surface area contributed by atoms with Gasteiger partial charge in [-0.2, -0.15) is 0 Å². The summed E-state index contributed by atoms with van der Waals surface area (Å²) in [6.07, 6.45) is 0.776. The fourth-order valence-corrected chi connectivity index (χ4v) is 1.72. The van der Waals surface area contributed by atoms with Gasteiger partial charge < -0.3 is 10.1 Å². The molecule has 1 atom stereocenters. The van der Waals surface area contributed by atoms with Gasteiger partial charge in [0.25, 0.3) is 0 Å². The zero-order valence-electron chi connectivity index (χ0n) is 12.8. The van der Waals surface area contributed by atoms with Crippen LogP contribution >= 0.6 is 0 Å². The van der Waals surface area contributed by atoms with Gasteiger partial charge in [0.05, 0.1) is 12.8 Å². The average Bonchev–Trinajstić information content (AvgIpc) is 2.45. The summed E-state index contributed by atoms with van der Waals surface area (Å²) in [7, 11) is 1.53. The molecule has 0 bridgehead atoms. The van der Waals surface area contributed by atoms with Crippen molar-refractivity contribution in [3.05, 3.63) is 23.8 Å². The van der Waals surface area contributed by atoms with E-state index >= 15 is 0 Å². The number of rotatable bonds is 6. The molecule has 4 heteroatoms. The van der Waals surface area contributed by atoms with E-state index in [-0.39, 0.29) is 23.5 Å². The number of ketones is 1. The molecule has 0 aromatic heterocycles. The Bertz CT molecular complexity index is 494. The maximum absolute atomic E-state index is 12.0. The van der Waals surface area contributed by atoms with Crippen molar-refractivity contribution in [2.24, 2.45) is 11.8 Å². The van der Waals surface area contributed by atoms with Crippen molar-refractivity contribution in [3.63, 3.8) is 0 Å². The van der Waals surface area contributed by atoms with Crippen LogP contribution in [0, 0.1) is 11.8 Å². The summed E-state index contributed by atoms with van der Waals surface area (Å²) < 4.78 is 5.26. The predicted octanol–water partition coefficient (Wildman–Crippen LogP) is 3.52. The second-order valence-corrected chi connectivity index (χ2v) is 5.23. The second kappa shape index (κ2) is 7.08. The van der Waals surface area contributed by atoms with Gasteiger partial charge in [-0.3, -0.25) is 9.59 Å². The van der Waals surface area contributed by atoms with Gasteiger partial charge >= 0.3 is 0 Å². The van der Waals surface area contributed by atoms with E-state index in [1.807, 2.05) is 27.7 Å². The van der Waals surface area contributed by atoms with Gasteiger partial charge in [0.2, 0.25) is 5.91 Å². The number of amides is 1. The Kier molecular flexibility index (Phi) is 5.74. The minimum atomic E-state index is -0.0692. The molecule has 1 aromatic carbocycles. The summed E-state index contributed by atoms with van der Waals surface area (Å²) >= 11 is 0. The molecule has 1 aromatic rings. The topological polar surface area (TPSA) is 55.4 Å². The summed E-state index contributed by atoms with van der Waals surface area (Å²) in [5, 5.41) is 2.83. The third kappa shape index (κ3) is 3.83. The van der Waals surface area contributed by atoms with Gasteiger partial charge in [0, 0.05) is 17.4 Å². The second-order valence-electron chi connectivity index (χ2n) is 5.23. The van der Waals surface area contributed by atoms with Gasteiger partial charge in [-0.25, -0.2) is 0 Å². The molecule has 1 unspecified atom stereocenters. The molecule has 0 aliphatic carbocycles. The van der Waals surface area contributed by atoms with Crippen LogP contribution in [0.1, 0.15) is 44.5 Å². The SMILES string of the molecule is CCC(C)C(=O)Nc1ccc(C(=O)C(C)C)cc1OC. The molecule has 20 heavy (non-hydrogen) atoms. The standard InChI is InChI=1S/C16H23NO3/c1-6-11(4)16(19)17-13-8-7-12(9-14(13)20-5)15(18)10(2)3/h7-11H,6H2,1-5H3,(H,17,19). The van der Waals surface area contributed by atoms with Crippen LogP contribution in [0.3, 0.4) is 0 Å². The molecule has 0 heterocycles. The van der Waals surface area contributed by atoms with Crippen LogP contribution in [0.2, 0.25) is 0 Å². The highest BCUT2D eigenvalue weighted by Crippen LogP contribution is 2.27. The Morgan fingerprint density at radius 2 is 1.90 bits per heavy atom. The summed E-state index contributed by atoms with van der Waals surface area (Å²) in [5.74, 6) is 0.391. The molecule has 1 N–H and O–H groups in total. The molecule has 1 rings (SSSR count). The predicted molar refractivity (Wildman–Crippen MR) is 80.2 cm³/mol. The lowest BCUT2D eigenvalue weighted by atomic mass is 10.0. The molecule has 1 amide bonds. The third-order valence-electron chi connectivity index (χ3n) is 3.33. The van der Waals surface area contributed by atoms with Gasteiger partial charge in [0.1, 0.15) is 5.75 Å². The molecule has 4 nitrogen and oxygen atoms in total. The van der Waals surface area contributed by atoms with Gasteiger partial charge in [-0.1, -0.05) is 27.7 Å². The first-order valence-electron chi connectivity index (χ1n) is 6.93. The van der Waals surface area contributed by atoms with Crippen LogP contribution in [0.4, 0.5) is 5.69 Å². The highest BCUT2D eigenvalue weighted by atomic mass is 16.5. The van der Waals surface area contributed by atoms with Crippen molar-refractivity contribution in [2.75, 3.05) is 12.4 Å². The number of carbonyl (C=O) groups is 2. The fourth-order valence-electron chi connectivity index (χ4n) is 1.72. The molecule has 0 aliphatic heterocycles. The summed E-state index contributed by atoms with van der Waals surface area (Å²) in [5.41, 5.74) is 1.19. The fraction of sp³-hybridized carbons (Fsp3) is 0.500. The number of hydrogen-bond donors (Lipinski definition) is 1. The minimum absolute atomic E-state index is 0.0475. The van der Waals surface area contributed by atoms with Crippen molar-refractivity contribution in [1.82, 2.24) is 0 Å². The highest BCUT2D eigenvalue weighted by Gasteiger charge is 2.16. The number of Topliss-reactive ketones (excluding diaryl/α,β-unsaturated/α-hetero) is 1. The Labute approximate surface area is 120 Å². The van der Waals surface area contributed by atoms with Crippen LogP contribution in [0.25, 0.3) is 0 Å². The van der Waals surface area contributed by atoms with Crippen LogP contribution in [0.15, 0.2) is 18.2 Å². The molecule has 0 aliphatic rings. The number of carbonyl (C=O) groups excluding carboxylic acids is 2. The van der Waals surface area contributed by atoms with E-state index in [1.165, 1.54) is 7.11 Å². The van der Waals surface area contributed by atoms with Crippen molar-refractivity contribution in [3.8, 4) is 5.75 Å². The van der Waals surface area contributed by atoms with E-state index in [1.54, 1.807) is 18.2 Å². The lowest BCUT2D eigenvalue weighted by Crippen LogP contribution is -2.20. The van der Waals surface area contributed by atoms with Crippen molar-refractivity contribution >= 4 is 17.4 Å². The number of benzene rings is 1. The minimum Gasteiger partial charge on any atom is -0.495 e. The quantitative estimate of drug-likeness (QED) is 0.809. The Balaban J connectivity index is 3.00. The highest BCUT2D eigenvalue weighted by molar-refractivity contribution is 5.99. The van der Waals surface area contributed by atoms with Gasteiger partial charge in [-0.15, -0.1) is 0 Å². The zero-order valence-corrected chi connectivity index (χ0v) is 12.8. The molecule has 110 valence electrons. The summed E-state index contributed by atoms with van der Waals surface area (Å²) in [4.78, 5) is 23.9. The van der Waals surface area contributed by atoms with Gasteiger partial charge in [0.15, 0.2) is 5.78 Å².